The number of carbonyl (C=O) groups excluding carboxylic acids is 2. The van der Waals surface area contributed by atoms with Crippen molar-refractivity contribution in [2.24, 2.45) is 0 Å². The Bertz CT molecular complexity index is 1310. The van der Waals surface area contributed by atoms with Crippen molar-refractivity contribution in [2.45, 2.75) is 13.1 Å². The Kier molecular flexibility index (Phi) is 6.84. The molecular weight excluding hydrogens is 442 g/mol. The second kappa shape index (κ2) is 9.56. The zero-order valence-corrected chi connectivity index (χ0v) is 18.3. The molecule has 168 valence electrons. The van der Waals surface area contributed by atoms with Crippen LogP contribution in [0, 0.1) is 0 Å². The molecule has 3 aromatic rings. The van der Waals surface area contributed by atoms with Gasteiger partial charge in [-0.1, -0.05) is 23.7 Å². The average molecular weight is 462 g/mol. The first-order chi connectivity index (χ1) is 15.3. The van der Waals surface area contributed by atoms with Gasteiger partial charge in [0.1, 0.15) is 24.6 Å². The minimum absolute atomic E-state index is 0.175. The monoisotopic (exact) mass is 461 g/mol. The first-order valence-corrected chi connectivity index (χ1v) is 9.69. The van der Waals surface area contributed by atoms with E-state index in [2.05, 4.69) is 10.1 Å². The van der Waals surface area contributed by atoms with Crippen molar-refractivity contribution in [1.82, 2.24) is 9.13 Å². The number of esters is 1. The van der Waals surface area contributed by atoms with Crippen molar-refractivity contribution in [3.63, 3.8) is 0 Å². The van der Waals surface area contributed by atoms with Gasteiger partial charge in [-0.15, -0.1) is 0 Å². The summed E-state index contributed by atoms with van der Waals surface area (Å²) in [4.78, 5) is 50.2. The van der Waals surface area contributed by atoms with Gasteiger partial charge in [0.05, 0.1) is 42.9 Å². The van der Waals surface area contributed by atoms with Crippen LogP contribution in [-0.4, -0.2) is 42.3 Å². The smallest absolute Gasteiger partial charge is 0.332 e. The molecule has 0 atom stereocenters. The topological polar surface area (TPSA) is 118 Å². The third-order valence-corrected chi connectivity index (χ3v) is 4.99. The Labute approximate surface area is 186 Å². The Morgan fingerprint density at radius 1 is 0.969 bits per heavy atom. The third kappa shape index (κ3) is 4.45. The number of halogens is 1. The summed E-state index contributed by atoms with van der Waals surface area (Å²) in [5, 5.41) is 3.06. The lowest BCUT2D eigenvalue weighted by Crippen LogP contribution is -2.43. The maximum atomic E-state index is 13.0. The van der Waals surface area contributed by atoms with Gasteiger partial charge in [0.2, 0.25) is 5.91 Å². The van der Waals surface area contributed by atoms with Gasteiger partial charge < -0.3 is 19.5 Å². The number of hydrogen-bond donors (Lipinski definition) is 1. The highest BCUT2D eigenvalue weighted by atomic mass is 35.5. The van der Waals surface area contributed by atoms with Crippen LogP contribution in [0.3, 0.4) is 0 Å². The fraction of sp³-hybridized carbons (Fsp3) is 0.238. The molecule has 1 aromatic heterocycles. The lowest BCUT2D eigenvalue weighted by molar-refractivity contribution is -0.141. The van der Waals surface area contributed by atoms with E-state index in [-0.39, 0.29) is 21.6 Å². The lowest BCUT2D eigenvalue weighted by Gasteiger charge is -2.15. The normalized spacial score (nSPS) is 10.6. The Balaban J connectivity index is 2.03. The highest BCUT2D eigenvalue weighted by Gasteiger charge is 2.18. The van der Waals surface area contributed by atoms with Crippen LogP contribution >= 0.6 is 11.6 Å². The summed E-state index contributed by atoms with van der Waals surface area (Å²) >= 11 is 6.14. The molecule has 3 rings (SSSR count). The molecule has 0 aliphatic rings. The van der Waals surface area contributed by atoms with E-state index < -0.39 is 36.2 Å². The summed E-state index contributed by atoms with van der Waals surface area (Å²) in [5.74, 6) is -0.695. The number of benzene rings is 2. The number of rotatable bonds is 7. The van der Waals surface area contributed by atoms with E-state index >= 15 is 0 Å². The number of carbonyl (C=O) groups is 2. The van der Waals surface area contributed by atoms with E-state index in [0.717, 1.165) is 16.2 Å². The van der Waals surface area contributed by atoms with Crippen LogP contribution in [0.5, 0.6) is 11.5 Å². The molecule has 0 radical (unpaired) electrons. The fourth-order valence-corrected chi connectivity index (χ4v) is 3.39. The van der Waals surface area contributed by atoms with Crippen LogP contribution in [0.4, 0.5) is 5.69 Å². The molecule has 0 unspecified atom stereocenters. The number of nitrogens with one attached hydrogen (secondary N) is 1. The van der Waals surface area contributed by atoms with Gasteiger partial charge in [-0.3, -0.25) is 19.0 Å². The summed E-state index contributed by atoms with van der Waals surface area (Å²) in [6.45, 7) is -1.02. The second-order valence-electron chi connectivity index (χ2n) is 6.59. The number of anilines is 1. The molecule has 1 heterocycles. The van der Waals surface area contributed by atoms with E-state index in [4.69, 9.17) is 21.1 Å². The molecule has 10 nitrogen and oxygen atoms in total. The molecule has 0 aliphatic heterocycles. The van der Waals surface area contributed by atoms with Crippen molar-refractivity contribution in [1.29, 1.82) is 0 Å². The largest absolute Gasteiger partial charge is 0.495 e. The first-order valence-electron chi connectivity index (χ1n) is 9.31. The Hall–Kier alpha value is -3.79. The number of amides is 1. The van der Waals surface area contributed by atoms with Crippen LogP contribution < -0.4 is 26.0 Å². The van der Waals surface area contributed by atoms with Gasteiger partial charge in [0, 0.05) is 6.07 Å². The minimum Gasteiger partial charge on any atom is -0.495 e. The van der Waals surface area contributed by atoms with E-state index in [9.17, 15) is 19.2 Å². The first kappa shape index (κ1) is 22.9. The number of methoxy groups -OCH3 is 3. The molecular formula is C21H20ClN3O7. The Morgan fingerprint density at radius 3 is 2.31 bits per heavy atom. The minimum atomic E-state index is -0.825. The summed E-state index contributed by atoms with van der Waals surface area (Å²) in [7, 11) is 4.01. The van der Waals surface area contributed by atoms with Gasteiger partial charge in [0.25, 0.3) is 5.56 Å². The number of ether oxygens (including phenoxy) is 3. The highest BCUT2D eigenvalue weighted by molar-refractivity contribution is 6.32. The molecule has 0 aliphatic carbocycles. The number of fused-ring (bicyclic) bond motifs is 1. The van der Waals surface area contributed by atoms with Crippen molar-refractivity contribution in [3.05, 3.63) is 62.3 Å². The van der Waals surface area contributed by atoms with Gasteiger partial charge in [0.15, 0.2) is 0 Å². The van der Waals surface area contributed by atoms with Crippen molar-refractivity contribution >= 4 is 40.1 Å². The Morgan fingerprint density at radius 2 is 1.66 bits per heavy atom. The molecule has 0 saturated carbocycles. The molecule has 1 amide bonds. The standard InChI is InChI=1S/C21H20ClN3O7/c1-30-16-9-17(31-2)14(8-13(16)22)23-18(26)10-24-15-7-5-4-6-12(15)20(28)25(21(24)29)11-19(27)32-3/h4-9H,10-11H2,1-3H3,(H,23,26). The fourth-order valence-electron chi connectivity index (χ4n) is 3.15. The van der Waals surface area contributed by atoms with Crippen molar-refractivity contribution < 1.29 is 23.8 Å². The summed E-state index contributed by atoms with van der Waals surface area (Å²) in [5.41, 5.74) is -0.965. The van der Waals surface area contributed by atoms with Crippen molar-refractivity contribution in [2.75, 3.05) is 26.6 Å². The van der Waals surface area contributed by atoms with Crippen LogP contribution in [-0.2, 0) is 27.4 Å². The maximum Gasteiger partial charge on any atom is 0.332 e. The summed E-state index contributed by atoms with van der Waals surface area (Å²) in [6.07, 6.45) is 0. The molecule has 1 N–H and O–H groups in total. The zero-order chi connectivity index (χ0) is 23.4. The van der Waals surface area contributed by atoms with Gasteiger partial charge in [-0.2, -0.15) is 0 Å². The molecule has 11 heteroatoms. The predicted octanol–water partition coefficient (Wildman–Crippen LogP) is 1.65. The average Bonchev–Trinajstić information content (AvgIpc) is 2.79. The van der Waals surface area contributed by atoms with E-state index in [0.29, 0.717) is 11.5 Å². The number of hydrogen-bond acceptors (Lipinski definition) is 7. The summed E-state index contributed by atoms with van der Waals surface area (Å²) in [6, 6.07) is 9.26. The number of aromatic nitrogens is 2. The predicted molar refractivity (Wildman–Crippen MR) is 118 cm³/mol. The molecule has 0 spiro atoms. The van der Waals surface area contributed by atoms with Crippen LogP contribution in [0.15, 0.2) is 46.0 Å². The lowest BCUT2D eigenvalue weighted by atomic mass is 10.2. The van der Waals surface area contributed by atoms with Crippen LogP contribution in [0.1, 0.15) is 0 Å². The molecule has 2 aromatic carbocycles. The van der Waals surface area contributed by atoms with Gasteiger partial charge >= 0.3 is 11.7 Å². The highest BCUT2D eigenvalue weighted by Crippen LogP contribution is 2.35. The molecule has 0 fully saturated rings. The molecule has 0 bridgehead atoms. The zero-order valence-electron chi connectivity index (χ0n) is 17.5. The maximum absolute atomic E-state index is 13.0. The van der Waals surface area contributed by atoms with Crippen LogP contribution in [0.2, 0.25) is 5.02 Å². The second-order valence-corrected chi connectivity index (χ2v) is 7.00. The SMILES string of the molecule is COC(=O)Cn1c(=O)c2ccccc2n(CC(=O)Nc2cc(Cl)c(OC)cc2OC)c1=O. The molecule has 0 saturated heterocycles. The van der Waals surface area contributed by atoms with E-state index in [1.807, 2.05) is 0 Å². The van der Waals surface area contributed by atoms with Gasteiger partial charge in [-0.05, 0) is 18.2 Å². The van der Waals surface area contributed by atoms with Crippen LogP contribution in [0.25, 0.3) is 10.9 Å². The van der Waals surface area contributed by atoms with Crippen molar-refractivity contribution in [3.8, 4) is 11.5 Å². The quantitative estimate of drug-likeness (QED) is 0.531. The van der Waals surface area contributed by atoms with E-state index in [1.165, 1.54) is 32.4 Å². The van der Waals surface area contributed by atoms with Gasteiger partial charge in [-0.25, -0.2) is 9.36 Å². The van der Waals surface area contributed by atoms with E-state index in [1.54, 1.807) is 18.2 Å². The third-order valence-electron chi connectivity index (χ3n) is 4.70. The number of nitrogens with zero attached hydrogens (tertiary/aromatic N) is 2. The number of para-hydroxylation sites is 1. The summed E-state index contributed by atoms with van der Waals surface area (Å²) < 4.78 is 16.8. The molecule has 32 heavy (non-hydrogen) atoms.